The molecule has 10 nitrogen and oxygen atoms in total. The molecule has 296 valence electrons. The number of carbonyl (C=O) groups is 3. The standard InChI is InChI=1S/C45H60N4O6/c1-43(40(50)51,37-13-16-46-25-37)22-31-7-4-10-34(19-31)28-49(29-35-11-5-8-32(20-35)23-44(2,41(52)53)38-14-17-47-26-38)30-36-12-6-9-33(21-36)24-45(3,42(54)55)39-15-18-48-27-39/h4-12,19-21,37-39,46-48H,13-18,22-30H2,1-3H3,(H,50,51)(H,52,53)(H,54,55)/t37-,38-,39-,43?,44?,45?/m0/s1. The van der Waals surface area contributed by atoms with Gasteiger partial charge in [0.25, 0.3) is 0 Å². The molecule has 3 heterocycles. The van der Waals surface area contributed by atoms with Crippen LogP contribution in [-0.4, -0.2) is 77.4 Å². The van der Waals surface area contributed by atoms with Crippen LogP contribution in [0.25, 0.3) is 0 Å². The van der Waals surface area contributed by atoms with Gasteiger partial charge in [-0.15, -0.1) is 0 Å². The van der Waals surface area contributed by atoms with Gasteiger partial charge in [-0.2, -0.15) is 0 Å². The smallest absolute Gasteiger partial charge is 0.310 e. The van der Waals surface area contributed by atoms with Gasteiger partial charge in [-0.1, -0.05) is 72.8 Å². The van der Waals surface area contributed by atoms with Gasteiger partial charge in [-0.25, -0.2) is 0 Å². The lowest BCUT2D eigenvalue weighted by molar-refractivity contribution is -0.151. The highest BCUT2D eigenvalue weighted by Crippen LogP contribution is 2.38. The van der Waals surface area contributed by atoms with E-state index in [9.17, 15) is 29.7 Å². The number of carboxylic acids is 3. The summed E-state index contributed by atoms with van der Waals surface area (Å²) in [6.45, 7) is 12.1. The van der Waals surface area contributed by atoms with Crippen molar-refractivity contribution in [1.29, 1.82) is 0 Å². The first-order chi connectivity index (χ1) is 26.3. The first-order valence-electron chi connectivity index (χ1n) is 20.1. The summed E-state index contributed by atoms with van der Waals surface area (Å²) in [5, 5.41) is 41.1. The number of rotatable bonds is 18. The van der Waals surface area contributed by atoms with Gasteiger partial charge in [0.05, 0.1) is 16.2 Å². The fourth-order valence-corrected chi connectivity index (χ4v) is 9.51. The summed E-state index contributed by atoms with van der Waals surface area (Å²) in [5.74, 6) is -2.11. The van der Waals surface area contributed by atoms with E-state index in [2.05, 4.69) is 57.2 Å². The Kier molecular flexibility index (Phi) is 12.8. The molecule has 3 aliphatic rings. The molecule has 0 saturated carbocycles. The van der Waals surface area contributed by atoms with Crippen molar-refractivity contribution in [1.82, 2.24) is 20.9 Å². The van der Waals surface area contributed by atoms with Gasteiger partial charge in [-0.3, -0.25) is 19.3 Å². The van der Waals surface area contributed by atoms with Gasteiger partial charge < -0.3 is 31.3 Å². The second-order valence-corrected chi connectivity index (χ2v) is 17.4. The fraction of sp³-hybridized carbons (Fsp3) is 0.533. The Morgan fingerprint density at radius 3 is 1.04 bits per heavy atom. The molecule has 3 aromatic carbocycles. The van der Waals surface area contributed by atoms with E-state index in [1.54, 1.807) is 0 Å². The van der Waals surface area contributed by atoms with E-state index in [4.69, 9.17) is 0 Å². The molecule has 3 unspecified atom stereocenters. The molecule has 3 aromatic rings. The van der Waals surface area contributed by atoms with E-state index in [0.717, 1.165) is 72.3 Å². The third kappa shape index (κ3) is 9.48. The van der Waals surface area contributed by atoms with Gasteiger partial charge in [0.2, 0.25) is 0 Å². The molecule has 6 N–H and O–H groups in total. The maximum absolute atomic E-state index is 12.6. The van der Waals surface area contributed by atoms with Crippen molar-refractivity contribution in [3.05, 3.63) is 106 Å². The Morgan fingerprint density at radius 2 is 0.800 bits per heavy atom. The Balaban J connectivity index is 1.26. The first-order valence-corrected chi connectivity index (χ1v) is 20.1. The Bertz CT molecular complexity index is 1610. The van der Waals surface area contributed by atoms with Gasteiger partial charge in [0.1, 0.15) is 0 Å². The highest BCUT2D eigenvalue weighted by molar-refractivity contribution is 5.76. The van der Waals surface area contributed by atoms with Crippen LogP contribution in [0.4, 0.5) is 0 Å². The third-order valence-electron chi connectivity index (χ3n) is 13.3. The maximum atomic E-state index is 12.6. The van der Waals surface area contributed by atoms with E-state index < -0.39 is 34.2 Å². The average molecular weight is 753 g/mol. The highest BCUT2D eigenvalue weighted by atomic mass is 16.4. The number of benzene rings is 3. The average Bonchev–Trinajstić information content (AvgIpc) is 3.97. The molecule has 6 rings (SSSR count). The molecule has 3 fully saturated rings. The van der Waals surface area contributed by atoms with Crippen LogP contribution >= 0.6 is 0 Å². The molecule has 3 aliphatic heterocycles. The number of nitrogens with zero attached hydrogens (tertiary/aromatic N) is 1. The second kappa shape index (κ2) is 17.4. The van der Waals surface area contributed by atoms with Gasteiger partial charge in [0, 0.05) is 19.6 Å². The van der Waals surface area contributed by atoms with Gasteiger partial charge in [-0.05, 0) is 150 Å². The largest absolute Gasteiger partial charge is 0.481 e. The number of hydrogen-bond donors (Lipinski definition) is 6. The fourth-order valence-electron chi connectivity index (χ4n) is 9.51. The molecule has 55 heavy (non-hydrogen) atoms. The van der Waals surface area contributed by atoms with Crippen LogP contribution in [0.5, 0.6) is 0 Å². The lowest BCUT2D eigenvalue weighted by Crippen LogP contribution is -2.39. The van der Waals surface area contributed by atoms with Crippen LogP contribution in [0.3, 0.4) is 0 Å². The van der Waals surface area contributed by atoms with Crippen molar-refractivity contribution in [2.75, 3.05) is 39.3 Å². The zero-order valence-corrected chi connectivity index (χ0v) is 32.8. The summed E-state index contributed by atoms with van der Waals surface area (Å²) in [6.07, 6.45) is 3.89. The predicted octanol–water partition coefficient (Wildman–Crippen LogP) is 5.62. The number of hydrogen-bond acceptors (Lipinski definition) is 7. The molecule has 0 aliphatic carbocycles. The number of nitrogens with one attached hydrogen (secondary N) is 3. The van der Waals surface area contributed by atoms with Gasteiger partial charge in [0.15, 0.2) is 0 Å². The zero-order valence-electron chi connectivity index (χ0n) is 32.8. The van der Waals surface area contributed by atoms with Crippen LogP contribution in [0.2, 0.25) is 0 Å². The molecule has 3 saturated heterocycles. The Hall–Kier alpha value is -4.09. The summed E-state index contributed by atoms with van der Waals surface area (Å²) in [5.41, 5.74) is 3.64. The lowest BCUT2D eigenvalue weighted by atomic mass is 9.72. The summed E-state index contributed by atoms with van der Waals surface area (Å²) in [4.78, 5) is 40.2. The molecule has 6 atom stereocenters. The van der Waals surface area contributed by atoms with E-state index in [0.29, 0.717) is 58.5 Å². The summed E-state index contributed by atoms with van der Waals surface area (Å²) < 4.78 is 0. The zero-order chi connectivity index (χ0) is 39.2. The maximum Gasteiger partial charge on any atom is 0.310 e. The van der Waals surface area contributed by atoms with Crippen LogP contribution in [0.1, 0.15) is 73.4 Å². The monoisotopic (exact) mass is 752 g/mol. The quantitative estimate of drug-likeness (QED) is 0.0967. The van der Waals surface area contributed by atoms with Crippen molar-refractivity contribution in [3.63, 3.8) is 0 Å². The molecular weight excluding hydrogens is 693 g/mol. The minimum Gasteiger partial charge on any atom is -0.481 e. The second-order valence-electron chi connectivity index (χ2n) is 17.4. The summed E-state index contributed by atoms with van der Waals surface area (Å²) >= 11 is 0. The van der Waals surface area contributed by atoms with Crippen molar-refractivity contribution in [2.24, 2.45) is 34.0 Å². The molecule has 0 amide bonds. The molecular formula is C45H60N4O6. The molecule has 0 spiro atoms. The SMILES string of the molecule is CC(Cc1cccc(CN(Cc2cccc(CC(C)(C(=O)O)[C@H]3CCNC3)c2)Cc2cccc(CC(C)(C(=O)O)[C@H]3CCNC3)c2)c1)(C(=O)O)[C@H]1CCNC1. The van der Waals surface area contributed by atoms with Crippen LogP contribution in [0.15, 0.2) is 72.8 Å². The lowest BCUT2D eigenvalue weighted by Gasteiger charge is -2.32. The normalized spacial score (nSPS) is 23.2. The molecule has 0 radical (unpaired) electrons. The van der Waals surface area contributed by atoms with Gasteiger partial charge >= 0.3 is 17.9 Å². The first kappa shape index (κ1) is 40.6. The number of carboxylic acid groups (broad SMARTS) is 3. The van der Waals surface area contributed by atoms with Crippen molar-refractivity contribution >= 4 is 17.9 Å². The molecule has 0 aromatic heterocycles. The van der Waals surface area contributed by atoms with Crippen molar-refractivity contribution in [2.45, 2.75) is 78.9 Å². The van der Waals surface area contributed by atoms with E-state index >= 15 is 0 Å². The van der Waals surface area contributed by atoms with Crippen LogP contribution in [0, 0.1) is 34.0 Å². The summed E-state index contributed by atoms with van der Waals surface area (Å²) in [6, 6.07) is 24.9. The third-order valence-corrected chi connectivity index (χ3v) is 13.3. The van der Waals surface area contributed by atoms with E-state index in [1.165, 1.54) is 0 Å². The predicted molar refractivity (Wildman–Crippen MR) is 214 cm³/mol. The van der Waals surface area contributed by atoms with Crippen LogP contribution < -0.4 is 16.0 Å². The Labute approximate surface area is 326 Å². The minimum atomic E-state index is -0.874. The minimum absolute atomic E-state index is 0.0607. The Morgan fingerprint density at radius 1 is 0.527 bits per heavy atom. The molecule has 10 heteroatoms. The van der Waals surface area contributed by atoms with Crippen molar-refractivity contribution in [3.8, 4) is 0 Å². The van der Waals surface area contributed by atoms with E-state index in [-0.39, 0.29) is 17.8 Å². The summed E-state index contributed by atoms with van der Waals surface area (Å²) in [7, 11) is 0. The van der Waals surface area contributed by atoms with Crippen LogP contribution in [-0.2, 0) is 53.3 Å². The van der Waals surface area contributed by atoms with Crippen molar-refractivity contribution < 1.29 is 29.7 Å². The topological polar surface area (TPSA) is 151 Å². The van der Waals surface area contributed by atoms with E-state index in [1.807, 2.05) is 57.2 Å². The molecule has 0 bridgehead atoms. The number of aliphatic carboxylic acids is 3. The highest BCUT2D eigenvalue weighted by Gasteiger charge is 2.45.